The van der Waals surface area contributed by atoms with Gasteiger partial charge in [-0.25, -0.2) is 0 Å². The van der Waals surface area contributed by atoms with Crippen molar-refractivity contribution in [3.63, 3.8) is 0 Å². The minimum absolute atomic E-state index is 0.00912. The minimum atomic E-state index is -0.965. The number of carboxylic acids is 1. The summed E-state index contributed by atoms with van der Waals surface area (Å²) in [5.74, 6) is -1.25. The summed E-state index contributed by atoms with van der Waals surface area (Å²) < 4.78 is 0. The van der Waals surface area contributed by atoms with Crippen LogP contribution in [0.2, 0.25) is 0 Å². The zero-order chi connectivity index (χ0) is 22.2. The molecule has 0 saturated carbocycles. The van der Waals surface area contributed by atoms with Crippen LogP contribution in [0.5, 0.6) is 0 Å². The van der Waals surface area contributed by atoms with Gasteiger partial charge < -0.3 is 21.0 Å². The third-order valence-corrected chi connectivity index (χ3v) is 4.97. The number of benzene rings is 1. The van der Waals surface area contributed by atoms with Crippen molar-refractivity contribution in [2.45, 2.75) is 44.2 Å². The Kier molecular flexibility index (Phi) is 7.31. The van der Waals surface area contributed by atoms with Crippen molar-refractivity contribution in [3.8, 4) is 0 Å². The van der Waals surface area contributed by atoms with Gasteiger partial charge >= 0.3 is 5.97 Å². The number of carbonyl (C=O) groups is 2. The van der Waals surface area contributed by atoms with Crippen molar-refractivity contribution in [2.75, 3.05) is 0 Å². The van der Waals surface area contributed by atoms with E-state index in [-0.39, 0.29) is 24.6 Å². The van der Waals surface area contributed by atoms with Gasteiger partial charge in [-0.05, 0) is 30.0 Å². The SMILES string of the molecule is N=C(N)c1ccc(C2=NOC(CC(=O)NC(CCc3cccnc3)CC(=O)O)C2)cc1. The Labute approximate surface area is 179 Å². The number of amidine groups is 1. The summed E-state index contributed by atoms with van der Waals surface area (Å²) in [6.07, 6.45) is 4.51. The molecule has 2 unspecified atom stereocenters. The highest BCUT2D eigenvalue weighted by Gasteiger charge is 2.26. The van der Waals surface area contributed by atoms with E-state index in [2.05, 4.69) is 15.5 Å². The number of pyridine rings is 1. The first kappa shape index (κ1) is 21.9. The summed E-state index contributed by atoms with van der Waals surface area (Å²) in [4.78, 5) is 33.1. The fraction of sp³-hybridized carbons (Fsp3) is 0.318. The van der Waals surface area contributed by atoms with E-state index >= 15 is 0 Å². The van der Waals surface area contributed by atoms with E-state index in [1.54, 1.807) is 24.5 Å². The molecule has 1 aliphatic rings. The molecule has 5 N–H and O–H groups in total. The topological polar surface area (TPSA) is 151 Å². The highest BCUT2D eigenvalue weighted by atomic mass is 16.6. The quantitative estimate of drug-likeness (QED) is 0.338. The molecule has 2 aromatic rings. The Morgan fingerprint density at radius 1 is 1.29 bits per heavy atom. The summed E-state index contributed by atoms with van der Waals surface area (Å²) in [5, 5.41) is 23.5. The summed E-state index contributed by atoms with van der Waals surface area (Å²) in [5.41, 5.74) is 8.62. The maximum Gasteiger partial charge on any atom is 0.305 e. The van der Waals surface area contributed by atoms with E-state index in [1.165, 1.54) is 0 Å². The van der Waals surface area contributed by atoms with Crippen molar-refractivity contribution in [2.24, 2.45) is 10.9 Å². The molecule has 3 rings (SSSR count). The predicted molar refractivity (Wildman–Crippen MR) is 115 cm³/mol. The van der Waals surface area contributed by atoms with Gasteiger partial charge in [-0.2, -0.15) is 0 Å². The molecule has 2 atom stereocenters. The van der Waals surface area contributed by atoms with Crippen molar-refractivity contribution >= 4 is 23.4 Å². The molecule has 9 nitrogen and oxygen atoms in total. The fourth-order valence-corrected chi connectivity index (χ4v) is 3.37. The number of nitrogen functional groups attached to an aromatic ring is 1. The molecule has 31 heavy (non-hydrogen) atoms. The number of aryl methyl sites for hydroxylation is 1. The van der Waals surface area contributed by atoms with Crippen LogP contribution in [0.3, 0.4) is 0 Å². The largest absolute Gasteiger partial charge is 0.481 e. The van der Waals surface area contributed by atoms with Gasteiger partial charge in [0.25, 0.3) is 0 Å². The lowest BCUT2D eigenvalue weighted by Crippen LogP contribution is -2.38. The van der Waals surface area contributed by atoms with E-state index in [0.717, 1.165) is 11.1 Å². The second-order valence-electron chi connectivity index (χ2n) is 7.43. The summed E-state index contributed by atoms with van der Waals surface area (Å²) in [7, 11) is 0. The maximum atomic E-state index is 12.5. The second-order valence-corrected chi connectivity index (χ2v) is 7.43. The summed E-state index contributed by atoms with van der Waals surface area (Å²) in [6, 6.07) is 10.3. The van der Waals surface area contributed by atoms with Crippen LogP contribution in [-0.4, -0.2) is 45.7 Å². The van der Waals surface area contributed by atoms with Gasteiger partial charge in [-0.3, -0.25) is 20.0 Å². The Morgan fingerprint density at radius 3 is 2.71 bits per heavy atom. The van der Waals surface area contributed by atoms with Crippen molar-refractivity contribution in [1.82, 2.24) is 10.3 Å². The molecule has 9 heteroatoms. The number of oxime groups is 1. The van der Waals surface area contributed by atoms with Crippen LogP contribution in [0.4, 0.5) is 0 Å². The van der Waals surface area contributed by atoms with Gasteiger partial charge in [-0.15, -0.1) is 0 Å². The lowest BCUT2D eigenvalue weighted by molar-refractivity contribution is -0.137. The van der Waals surface area contributed by atoms with E-state index in [9.17, 15) is 9.59 Å². The molecule has 1 aromatic carbocycles. The first-order valence-electron chi connectivity index (χ1n) is 9.98. The Hall–Kier alpha value is -3.75. The number of rotatable bonds is 10. The molecule has 0 saturated heterocycles. The molecule has 0 radical (unpaired) electrons. The lowest BCUT2D eigenvalue weighted by Gasteiger charge is -2.18. The summed E-state index contributed by atoms with van der Waals surface area (Å²) in [6.45, 7) is 0. The first-order valence-corrected chi connectivity index (χ1v) is 9.98. The molecule has 1 amide bonds. The summed E-state index contributed by atoms with van der Waals surface area (Å²) >= 11 is 0. The molecule has 0 spiro atoms. The van der Waals surface area contributed by atoms with Crippen LogP contribution in [0.15, 0.2) is 53.9 Å². The van der Waals surface area contributed by atoms with Crippen LogP contribution in [0, 0.1) is 5.41 Å². The number of hydrogen-bond acceptors (Lipinski definition) is 6. The van der Waals surface area contributed by atoms with Gasteiger partial charge in [-0.1, -0.05) is 35.5 Å². The van der Waals surface area contributed by atoms with Crippen LogP contribution < -0.4 is 11.1 Å². The smallest absolute Gasteiger partial charge is 0.305 e. The van der Waals surface area contributed by atoms with Crippen molar-refractivity contribution in [1.29, 1.82) is 5.41 Å². The zero-order valence-electron chi connectivity index (χ0n) is 17.0. The average Bonchev–Trinajstić information content (AvgIpc) is 3.20. The number of carbonyl (C=O) groups excluding carboxylic acids is 1. The van der Waals surface area contributed by atoms with E-state index < -0.39 is 18.1 Å². The molecule has 0 bridgehead atoms. The van der Waals surface area contributed by atoms with Gasteiger partial charge in [0.05, 0.1) is 18.6 Å². The maximum absolute atomic E-state index is 12.5. The highest BCUT2D eigenvalue weighted by Crippen LogP contribution is 2.20. The normalized spacial score (nSPS) is 16.1. The van der Waals surface area contributed by atoms with E-state index in [4.69, 9.17) is 21.1 Å². The molecule has 1 aliphatic heterocycles. The Balaban J connectivity index is 1.50. The lowest BCUT2D eigenvalue weighted by atomic mass is 10.0. The van der Waals surface area contributed by atoms with Gasteiger partial charge in [0, 0.05) is 30.4 Å². The van der Waals surface area contributed by atoms with Crippen LogP contribution in [0.1, 0.15) is 42.4 Å². The van der Waals surface area contributed by atoms with E-state index in [0.29, 0.717) is 30.5 Å². The first-order chi connectivity index (χ1) is 14.9. The number of aliphatic carboxylic acids is 1. The Bertz CT molecular complexity index is 960. The predicted octanol–water partition coefficient (Wildman–Crippen LogP) is 1.84. The van der Waals surface area contributed by atoms with Crippen LogP contribution >= 0.6 is 0 Å². The number of nitrogens with two attached hydrogens (primary N) is 1. The minimum Gasteiger partial charge on any atom is -0.481 e. The molecule has 0 fully saturated rings. The molecule has 0 aliphatic carbocycles. The number of aromatic nitrogens is 1. The van der Waals surface area contributed by atoms with E-state index in [1.807, 2.05) is 24.3 Å². The molecule has 1 aromatic heterocycles. The number of nitrogens with one attached hydrogen (secondary N) is 2. The van der Waals surface area contributed by atoms with Gasteiger partial charge in [0.1, 0.15) is 11.9 Å². The van der Waals surface area contributed by atoms with Crippen LogP contribution in [-0.2, 0) is 20.8 Å². The van der Waals surface area contributed by atoms with Crippen molar-refractivity contribution in [3.05, 3.63) is 65.5 Å². The van der Waals surface area contributed by atoms with Crippen molar-refractivity contribution < 1.29 is 19.5 Å². The number of amides is 1. The number of nitrogens with zero attached hydrogens (tertiary/aromatic N) is 2. The van der Waals surface area contributed by atoms with Crippen LogP contribution in [0.25, 0.3) is 0 Å². The monoisotopic (exact) mass is 423 g/mol. The molecular formula is C22H25N5O4. The molecular weight excluding hydrogens is 398 g/mol. The number of carboxylic acid groups (broad SMARTS) is 1. The van der Waals surface area contributed by atoms with Gasteiger partial charge in [0.15, 0.2) is 0 Å². The second kappa shape index (κ2) is 10.3. The standard InChI is InChI=1S/C22H25N5O4/c23-22(24)16-6-4-15(5-7-16)19-11-18(31-27-19)12-20(28)26-17(10-21(29)30)8-3-14-2-1-9-25-13-14/h1-2,4-7,9,13,17-18H,3,8,10-12H2,(H3,23,24)(H,26,28)(H,29,30). The molecule has 2 heterocycles. The zero-order valence-corrected chi connectivity index (χ0v) is 17.0. The Morgan fingerprint density at radius 2 is 2.06 bits per heavy atom. The average molecular weight is 423 g/mol. The number of hydrogen-bond donors (Lipinski definition) is 4. The third kappa shape index (κ3) is 6.63. The van der Waals surface area contributed by atoms with Gasteiger partial charge in [0.2, 0.25) is 5.91 Å². The molecule has 162 valence electrons. The third-order valence-electron chi connectivity index (χ3n) is 4.97. The highest BCUT2D eigenvalue weighted by molar-refractivity contribution is 6.02. The fourth-order valence-electron chi connectivity index (χ4n) is 3.37.